The van der Waals surface area contributed by atoms with Gasteiger partial charge in [-0.15, -0.1) is 0 Å². The maximum atomic E-state index is 11.0. The number of hydrogen-bond donors (Lipinski definition) is 2. The standard InChI is InChI=1S/C14H11N5O4S/c15-14(24)10-3-1-9(2-4-10)8-16-17-12-6-5-11(18(20)21)7-13(12)19(22)23/h1-8,17H,(H2,15,24)/b16-8+. The summed E-state index contributed by atoms with van der Waals surface area (Å²) in [6.07, 6.45) is 1.44. The lowest BCUT2D eigenvalue weighted by molar-refractivity contribution is -0.393. The maximum absolute atomic E-state index is 11.0. The number of nitrogens with zero attached hydrogens (tertiary/aromatic N) is 3. The summed E-state index contributed by atoms with van der Waals surface area (Å²) in [5.41, 5.74) is 8.65. The summed E-state index contributed by atoms with van der Waals surface area (Å²) < 4.78 is 0. The van der Waals surface area contributed by atoms with Gasteiger partial charge in [0.2, 0.25) is 0 Å². The van der Waals surface area contributed by atoms with Crippen LogP contribution in [-0.4, -0.2) is 21.0 Å². The third-order valence-corrected chi connectivity index (χ3v) is 3.22. The summed E-state index contributed by atoms with van der Waals surface area (Å²) in [5.74, 6) is 0. The molecule has 2 aromatic carbocycles. The number of hydrogen-bond acceptors (Lipinski definition) is 7. The van der Waals surface area contributed by atoms with E-state index in [9.17, 15) is 20.2 Å². The van der Waals surface area contributed by atoms with E-state index in [-0.39, 0.29) is 16.4 Å². The van der Waals surface area contributed by atoms with Crippen LogP contribution in [-0.2, 0) is 0 Å². The van der Waals surface area contributed by atoms with Crippen LogP contribution in [0.1, 0.15) is 11.1 Å². The molecular formula is C14H11N5O4S. The fourth-order valence-electron chi connectivity index (χ4n) is 1.79. The molecule has 0 aliphatic rings. The van der Waals surface area contributed by atoms with Crippen LogP contribution in [0.4, 0.5) is 17.1 Å². The fourth-order valence-corrected chi connectivity index (χ4v) is 1.93. The molecule has 0 saturated carbocycles. The van der Waals surface area contributed by atoms with Crippen LogP contribution in [0.5, 0.6) is 0 Å². The zero-order valence-corrected chi connectivity index (χ0v) is 12.9. The highest BCUT2D eigenvalue weighted by molar-refractivity contribution is 7.80. The number of nitrogens with two attached hydrogens (primary N) is 1. The van der Waals surface area contributed by atoms with Gasteiger partial charge in [-0.1, -0.05) is 36.5 Å². The number of non-ortho nitro benzene ring substituents is 1. The first kappa shape index (κ1) is 17.0. The van der Waals surface area contributed by atoms with Gasteiger partial charge < -0.3 is 5.73 Å². The second kappa shape index (κ2) is 7.24. The first-order valence-corrected chi connectivity index (χ1v) is 6.91. The third kappa shape index (κ3) is 4.08. The average Bonchev–Trinajstić information content (AvgIpc) is 2.55. The lowest BCUT2D eigenvalue weighted by atomic mass is 10.1. The predicted molar refractivity (Wildman–Crippen MR) is 93.3 cm³/mol. The molecular weight excluding hydrogens is 334 g/mol. The van der Waals surface area contributed by atoms with Crippen molar-refractivity contribution in [2.45, 2.75) is 0 Å². The van der Waals surface area contributed by atoms with Crippen LogP contribution in [0.3, 0.4) is 0 Å². The summed E-state index contributed by atoms with van der Waals surface area (Å²) in [7, 11) is 0. The fraction of sp³-hybridized carbons (Fsp3) is 0. The Kier molecular flexibility index (Phi) is 5.12. The van der Waals surface area contributed by atoms with Crippen molar-refractivity contribution in [2.24, 2.45) is 10.8 Å². The van der Waals surface area contributed by atoms with Gasteiger partial charge in [-0.05, 0) is 11.6 Å². The van der Waals surface area contributed by atoms with Gasteiger partial charge in [0.15, 0.2) is 0 Å². The van der Waals surface area contributed by atoms with E-state index in [4.69, 9.17) is 18.0 Å². The van der Waals surface area contributed by atoms with Gasteiger partial charge in [0, 0.05) is 11.6 Å². The molecule has 2 rings (SSSR count). The zero-order chi connectivity index (χ0) is 17.7. The molecule has 2 aromatic rings. The molecule has 24 heavy (non-hydrogen) atoms. The number of rotatable bonds is 6. The second-order valence-corrected chi connectivity index (χ2v) is 5.01. The van der Waals surface area contributed by atoms with Crippen molar-refractivity contribution in [1.29, 1.82) is 0 Å². The second-order valence-electron chi connectivity index (χ2n) is 4.57. The van der Waals surface area contributed by atoms with Gasteiger partial charge in [0.05, 0.1) is 22.1 Å². The summed E-state index contributed by atoms with van der Waals surface area (Å²) in [5, 5.41) is 25.6. The highest BCUT2D eigenvalue weighted by atomic mass is 32.1. The number of benzene rings is 2. The van der Waals surface area contributed by atoms with Crippen molar-refractivity contribution < 1.29 is 9.85 Å². The van der Waals surface area contributed by atoms with Gasteiger partial charge in [0.1, 0.15) is 10.7 Å². The Morgan fingerprint density at radius 2 is 1.79 bits per heavy atom. The quantitative estimate of drug-likeness (QED) is 0.355. The highest BCUT2D eigenvalue weighted by Gasteiger charge is 2.18. The summed E-state index contributed by atoms with van der Waals surface area (Å²) in [4.78, 5) is 20.5. The van der Waals surface area contributed by atoms with Crippen LogP contribution >= 0.6 is 12.2 Å². The van der Waals surface area contributed by atoms with Gasteiger partial charge in [0.25, 0.3) is 5.69 Å². The molecule has 0 unspecified atom stereocenters. The number of nitro benzene ring substituents is 2. The molecule has 0 aliphatic carbocycles. The average molecular weight is 345 g/mol. The molecule has 0 fully saturated rings. The van der Waals surface area contributed by atoms with Crippen LogP contribution in [0.2, 0.25) is 0 Å². The zero-order valence-electron chi connectivity index (χ0n) is 12.1. The third-order valence-electron chi connectivity index (χ3n) is 2.98. The Balaban J connectivity index is 2.17. The molecule has 0 saturated heterocycles. The van der Waals surface area contributed by atoms with E-state index in [2.05, 4.69) is 10.5 Å². The Morgan fingerprint density at radius 1 is 1.12 bits per heavy atom. The van der Waals surface area contributed by atoms with Crippen molar-refractivity contribution >= 4 is 40.5 Å². The molecule has 0 bridgehead atoms. The highest BCUT2D eigenvalue weighted by Crippen LogP contribution is 2.28. The minimum Gasteiger partial charge on any atom is -0.389 e. The summed E-state index contributed by atoms with van der Waals surface area (Å²) in [6, 6.07) is 10.1. The first-order valence-electron chi connectivity index (χ1n) is 6.50. The van der Waals surface area contributed by atoms with E-state index >= 15 is 0 Å². The molecule has 0 spiro atoms. The lowest BCUT2D eigenvalue weighted by Gasteiger charge is -2.02. The maximum Gasteiger partial charge on any atom is 0.301 e. The normalized spacial score (nSPS) is 10.5. The molecule has 0 radical (unpaired) electrons. The SMILES string of the molecule is NC(=S)c1ccc(/C=N/Nc2ccc([N+](=O)[O-])cc2[N+](=O)[O-])cc1. The van der Waals surface area contributed by atoms with E-state index in [1.807, 2.05) is 0 Å². The van der Waals surface area contributed by atoms with Crippen molar-refractivity contribution in [3.05, 3.63) is 73.8 Å². The Bertz CT molecular complexity index is 836. The molecule has 10 heteroatoms. The molecule has 0 amide bonds. The van der Waals surface area contributed by atoms with E-state index < -0.39 is 15.5 Å². The number of anilines is 1. The number of thiocarbonyl (C=S) groups is 1. The van der Waals surface area contributed by atoms with Crippen molar-refractivity contribution in [3.8, 4) is 0 Å². The predicted octanol–water partition coefficient (Wildman–Crippen LogP) is 2.58. The molecule has 9 nitrogen and oxygen atoms in total. The van der Waals surface area contributed by atoms with Crippen LogP contribution in [0.15, 0.2) is 47.6 Å². The Labute approximate surface area is 141 Å². The smallest absolute Gasteiger partial charge is 0.301 e. The van der Waals surface area contributed by atoms with Gasteiger partial charge in [-0.2, -0.15) is 5.10 Å². The molecule has 3 N–H and O–H groups in total. The molecule has 0 aromatic heterocycles. The summed E-state index contributed by atoms with van der Waals surface area (Å²) in [6.45, 7) is 0. The minimum atomic E-state index is -0.720. The monoisotopic (exact) mass is 345 g/mol. The topological polar surface area (TPSA) is 137 Å². The van der Waals surface area contributed by atoms with Crippen LogP contribution in [0, 0.1) is 20.2 Å². The summed E-state index contributed by atoms with van der Waals surface area (Å²) >= 11 is 4.84. The van der Waals surface area contributed by atoms with Gasteiger partial charge in [-0.3, -0.25) is 25.7 Å². The van der Waals surface area contributed by atoms with Crippen molar-refractivity contribution in [1.82, 2.24) is 0 Å². The number of nitro groups is 2. The Morgan fingerprint density at radius 3 is 2.33 bits per heavy atom. The van der Waals surface area contributed by atoms with Gasteiger partial charge >= 0.3 is 5.69 Å². The van der Waals surface area contributed by atoms with E-state index in [0.29, 0.717) is 11.1 Å². The lowest BCUT2D eigenvalue weighted by Crippen LogP contribution is -2.08. The van der Waals surface area contributed by atoms with Gasteiger partial charge in [-0.25, -0.2) is 0 Å². The van der Waals surface area contributed by atoms with Crippen molar-refractivity contribution in [2.75, 3.05) is 5.43 Å². The van der Waals surface area contributed by atoms with E-state index in [1.54, 1.807) is 24.3 Å². The van der Waals surface area contributed by atoms with E-state index in [0.717, 1.165) is 12.1 Å². The molecule has 0 heterocycles. The van der Waals surface area contributed by atoms with Crippen LogP contribution < -0.4 is 11.2 Å². The largest absolute Gasteiger partial charge is 0.389 e. The molecule has 0 aliphatic heterocycles. The van der Waals surface area contributed by atoms with Crippen LogP contribution in [0.25, 0.3) is 0 Å². The molecule has 0 atom stereocenters. The minimum absolute atomic E-state index is 0.0432. The van der Waals surface area contributed by atoms with E-state index in [1.165, 1.54) is 12.3 Å². The Hall–Kier alpha value is -3.40. The number of hydrazone groups is 1. The number of nitrogens with one attached hydrogen (secondary N) is 1. The molecule has 122 valence electrons. The first-order chi connectivity index (χ1) is 11.4. The van der Waals surface area contributed by atoms with Crippen molar-refractivity contribution in [3.63, 3.8) is 0 Å².